The van der Waals surface area contributed by atoms with E-state index in [4.69, 9.17) is 4.98 Å². The summed E-state index contributed by atoms with van der Waals surface area (Å²) in [5.74, 6) is 0.604. The van der Waals surface area contributed by atoms with Gasteiger partial charge in [0.1, 0.15) is 0 Å². The van der Waals surface area contributed by atoms with E-state index in [2.05, 4.69) is 53.3 Å². The van der Waals surface area contributed by atoms with Crippen LogP contribution in [0.4, 0.5) is 5.69 Å². The lowest BCUT2D eigenvalue weighted by Gasteiger charge is -2.36. The molecule has 1 aliphatic heterocycles. The highest BCUT2D eigenvalue weighted by Crippen LogP contribution is 2.35. The van der Waals surface area contributed by atoms with Crippen molar-refractivity contribution < 1.29 is 0 Å². The Morgan fingerprint density at radius 3 is 2.92 bits per heavy atom. The largest absolute Gasteiger partial charge is 0.370 e. The van der Waals surface area contributed by atoms with Gasteiger partial charge < -0.3 is 4.90 Å². The van der Waals surface area contributed by atoms with E-state index >= 15 is 0 Å². The molecule has 5 heteroatoms. The van der Waals surface area contributed by atoms with Gasteiger partial charge in [0.25, 0.3) is 0 Å². The monoisotopic (exact) mass is 335 g/mol. The molecule has 1 unspecified atom stereocenters. The maximum Gasteiger partial charge on any atom is 0.0726 e. The highest BCUT2D eigenvalue weighted by molar-refractivity contribution is 5.94. The maximum atomic E-state index is 4.83. The molecule has 3 aromatic rings. The summed E-state index contributed by atoms with van der Waals surface area (Å²) in [7, 11) is 0. The van der Waals surface area contributed by atoms with E-state index in [9.17, 15) is 0 Å². The van der Waals surface area contributed by atoms with E-state index in [0.29, 0.717) is 5.92 Å². The first-order chi connectivity index (χ1) is 12.3. The van der Waals surface area contributed by atoms with Crippen LogP contribution in [0.5, 0.6) is 0 Å². The van der Waals surface area contributed by atoms with Crippen molar-refractivity contribution in [3.63, 3.8) is 0 Å². The Morgan fingerprint density at radius 2 is 2.12 bits per heavy atom. The fourth-order valence-corrected chi connectivity index (χ4v) is 4.15. The van der Waals surface area contributed by atoms with E-state index in [0.717, 1.165) is 37.3 Å². The number of para-hydroxylation sites is 1. The van der Waals surface area contributed by atoms with Crippen molar-refractivity contribution in [3.05, 3.63) is 47.9 Å². The minimum absolute atomic E-state index is 0.604. The summed E-state index contributed by atoms with van der Waals surface area (Å²) in [6, 6.07) is 8.55. The van der Waals surface area contributed by atoms with Crippen molar-refractivity contribution in [1.29, 1.82) is 0 Å². The third kappa shape index (κ3) is 3.11. The lowest BCUT2D eigenvalue weighted by Crippen LogP contribution is -2.38. The van der Waals surface area contributed by atoms with Crippen LogP contribution in [0.25, 0.3) is 10.9 Å². The van der Waals surface area contributed by atoms with Gasteiger partial charge in [-0.05, 0) is 43.7 Å². The van der Waals surface area contributed by atoms with Gasteiger partial charge in [-0.2, -0.15) is 0 Å². The Morgan fingerprint density at radius 1 is 1.24 bits per heavy atom. The number of hydrogen-bond acceptors (Lipinski definition) is 4. The van der Waals surface area contributed by atoms with Gasteiger partial charge >= 0.3 is 0 Å². The molecule has 5 nitrogen and oxygen atoms in total. The van der Waals surface area contributed by atoms with Gasteiger partial charge in [-0.3, -0.25) is 9.67 Å². The molecule has 1 saturated heterocycles. The Hall–Kier alpha value is -2.43. The van der Waals surface area contributed by atoms with Crippen LogP contribution < -0.4 is 4.90 Å². The summed E-state index contributed by atoms with van der Waals surface area (Å²) >= 11 is 0. The molecule has 0 spiro atoms. The average Bonchev–Trinajstić information content (AvgIpc) is 3.13. The Bertz CT molecular complexity index is 856. The van der Waals surface area contributed by atoms with Crippen molar-refractivity contribution in [2.75, 3.05) is 18.0 Å². The molecule has 0 bridgehead atoms. The van der Waals surface area contributed by atoms with Gasteiger partial charge in [0, 0.05) is 36.9 Å². The van der Waals surface area contributed by atoms with Gasteiger partial charge in [-0.1, -0.05) is 30.3 Å². The molecule has 1 aromatic carbocycles. The number of piperidine rings is 1. The average molecular weight is 335 g/mol. The molecule has 0 saturated carbocycles. The van der Waals surface area contributed by atoms with Gasteiger partial charge in [-0.25, -0.2) is 0 Å². The molecule has 25 heavy (non-hydrogen) atoms. The Balaban J connectivity index is 1.70. The smallest absolute Gasteiger partial charge is 0.0726 e. The predicted molar refractivity (Wildman–Crippen MR) is 101 cm³/mol. The molecule has 4 rings (SSSR count). The minimum Gasteiger partial charge on any atom is -0.370 e. The topological polar surface area (TPSA) is 46.8 Å². The molecular formula is C20H25N5. The van der Waals surface area contributed by atoms with Crippen molar-refractivity contribution >= 4 is 16.6 Å². The number of aromatic nitrogens is 4. The van der Waals surface area contributed by atoms with E-state index < -0.39 is 0 Å². The van der Waals surface area contributed by atoms with Crippen LogP contribution in [0.2, 0.25) is 0 Å². The number of pyridine rings is 1. The molecule has 1 atom stereocenters. The molecule has 0 aliphatic carbocycles. The number of fused-ring (bicyclic) bond motifs is 1. The number of rotatable bonds is 4. The van der Waals surface area contributed by atoms with Crippen LogP contribution in [-0.4, -0.2) is 33.1 Å². The van der Waals surface area contributed by atoms with E-state index in [1.165, 1.54) is 29.5 Å². The van der Waals surface area contributed by atoms with E-state index in [1.807, 2.05) is 10.9 Å². The molecule has 1 aliphatic rings. The fourth-order valence-electron chi connectivity index (χ4n) is 4.15. The van der Waals surface area contributed by atoms with Crippen molar-refractivity contribution in [1.82, 2.24) is 20.0 Å². The molecule has 0 N–H and O–H groups in total. The van der Waals surface area contributed by atoms with Crippen molar-refractivity contribution in [2.45, 2.75) is 39.7 Å². The van der Waals surface area contributed by atoms with Crippen LogP contribution in [0.15, 0.2) is 36.7 Å². The minimum atomic E-state index is 0.604. The number of benzene rings is 1. The van der Waals surface area contributed by atoms with Gasteiger partial charge in [0.2, 0.25) is 0 Å². The number of hydrogen-bond donors (Lipinski definition) is 0. The first-order valence-electron chi connectivity index (χ1n) is 9.23. The second kappa shape index (κ2) is 6.82. The standard InChI is InChI=1S/C20H25N5/c1-3-17-15(2)22-19-9-5-4-8-18(19)20(17)24-11-6-7-16(13-24)14-25-12-10-21-23-25/h4-5,8-10,12,16H,3,6-7,11,13-14H2,1-2H3. The van der Waals surface area contributed by atoms with Gasteiger partial charge in [-0.15, -0.1) is 5.10 Å². The molecule has 1 fully saturated rings. The second-order valence-corrected chi connectivity index (χ2v) is 6.97. The number of aryl methyl sites for hydroxylation is 1. The third-order valence-corrected chi connectivity index (χ3v) is 5.28. The van der Waals surface area contributed by atoms with E-state index in [-0.39, 0.29) is 0 Å². The van der Waals surface area contributed by atoms with Crippen LogP contribution in [0, 0.1) is 12.8 Å². The Kier molecular flexibility index (Phi) is 4.38. The Labute approximate surface area is 148 Å². The van der Waals surface area contributed by atoms with E-state index in [1.54, 1.807) is 6.20 Å². The maximum absolute atomic E-state index is 4.83. The first kappa shape index (κ1) is 16.1. The summed E-state index contributed by atoms with van der Waals surface area (Å²) < 4.78 is 1.96. The van der Waals surface area contributed by atoms with Crippen molar-refractivity contribution in [3.8, 4) is 0 Å². The zero-order valence-electron chi connectivity index (χ0n) is 15.0. The normalized spacial score (nSPS) is 18.0. The molecule has 0 radical (unpaired) electrons. The summed E-state index contributed by atoms with van der Waals surface area (Å²) in [4.78, 5) is 7.42. The highest BCUT2D eigenvalue weighted by Gasteiger charge is 2.24. The van der Waals surface area contributed by atoms with Crippen LogP contribution in [-0.2, 0) is 13.0 Å². The molecule has 2 aromatic heterocycles. The zero-order chi connectivity index (χ0) is 17.2. The SMILES string of the molecule is CCc1c(C)nc2ccccc2c1N1CCCC(Cn2ccnn2)C1. The third-order valence-electron chi connectivity index (χ3n) is 5.28. The number of nitrogens with zero attached hydrogens (tertiary/aromatic N) is 5. The summed E-state index contributed by atoms with van der Waals surface area (Å²) in [5, 5.41) is 9.36. The van der Waals surface area contributed by atoms with Crippen LogP contribution in [0.1, 0.15) is 31.0 Å². The van der Waals surface area contributed by atoms with Crippen LogP contribution in [0.3, 0.4) is 0 Å². The lowest BCUT2D eigenvalue weighted by molar-refractivity contribution is 0.348. The molecule has 3 heterocycles. The number of anilines is 1. The summed E-state index contributed by atoms with van der Waals surface area (Å²) in [5.41, 5.74) is 5.05. The molecular weight excluding hydrogens is 310 g/mol. The van der Waals surface area contributed by atoms with Gasteiger partial charge in [0.05, 0.1) is 17.4 Å². The van der Waals surface area contributed by atoms with Gasteiger partial charge in [0.15, 0.2) is 0 Å². The summed E-state index contributed by atoms with van der Waals surface area (Å²) in [6.45, 7) is 7.51. The lowest BCUT2D eigenvalue weighted by atomic mass is 9.95. The van der Waals surface area contributed by atoms with Crippen molar-refractivity contribution in [2.24, 2.45) is 5.92 Å². The predicted octanol–water partition coefficient (Wildman–Crippen LogP) is 3.61. The second-order valence-electron chi connectivity index (χ2n) is 6.97. The fraction of sp³-hybridized carbons (Fsp3) is 0.450. The first-order valence-corrected chi connectivity index (χ1v) is 9.23. The summed E-state index contributed by atoms with van der Waals surface area (Å²) in [6.07, 6.45) is 7.21. The highest BCUT2D eigenvalue weighted by atomic mass is 15.4. The molecule has 130 valence electrons. The molecule has 0 amide bonds. The zero-order valence-corrected chi connectivity index (χ0v) is 15.0. The quantitative estimate of drug-likeness (QED) is 0.731. The van der Waals surface area contributed by atoms with Crippen LogP contribution >= 0.6 is 0 Å².